The number of hydrogen-bond donors (Lipinski definition) is 1. The number of halogens is 2. The largest absolute Gasteiger partial charge is 0.379 e. The Bertz CT molecular complexity index is 330. The van der Waals surface area contributed by atoms with Gasteiger partial charge in [-0.1, -0.05) is 13.8 Å². The van der Waals surface area contributed by atoms with Gasteiger partial charge in [0.1, 0.15) is 0 Å². The molecule has 98 valence electrons. The molecule has 1 heterocycles. The fraction of sp³-hybridized carbons (Fsp3) is 0.667. The van der Waals surface area contributed by atoms with Crippen LogP contribution < -0.4 is 5.32 Å². The Kier molecular flexibility index (Phi) is 7.95. The van der Waals surface area contributed by atoms with E-state index in [9.17, 15) is 0 Å². The van der Waals surface area contributed by atoms with Gasteiger partial charge in [0.25, 0.3) is 0 Å². The van der Waals surface area contributed by atoms with E-state index in [-0.39, 0.29) is 6.04 Å². The van der Waals surface area contributed by atoms with Crippen molar-refractivity contribution in [2.45, 2.75) is 32.7 Å². The van der Waals surface area contributed by atoms with Gasteiger partial charge in [0.2, 0.25) is 0 Å². The van der Waals surface area contributed by atoms with Crippen LogP contribution in [0.2, 0.25) is 0 Å². The molecule has 1 aromatic rings. The Morgan fingerprint density at radius 3 is 2.65 bits per heavy atom. The second kappa shape index (κ2) is 8.64. The van der Waals surface area contributed by atoms with Crippen molar-refractivity contribution < 1.29 is 4.74 Å². The van der Waals surface area contributed by atoms with Gasteiger partial charge in [0.05, 0.1) is 20.2 Å². The Labute approximate surface area is 124 Å². The molecule has 0 fully saturated rings. The molecule has 0 bridgehead atoms. The highest BCUT2D eigenvalue weighted by molar-refractivity contribution is 9.12. The lowest BCUT2D eigenvalue weighted by molar-refractivity contribution is 0.112. The highest BCUT2D eigenvalue weighted by atomic mass is 79.9. The number of thiophene rings is 1. The van der Waals surface area contributed by atoms with Crippen LogP contribution >= 0.6 is 43.2 Å². The standard InChI is InChI=1S/C12H19Br2NOS/c1-3-5-15-10(8-16-6-4-2)9-7-11(13)17-12(9)14/h7,10,15H,3-6,8H2,1-2H3. The molecule has 1 rings (SSSR count). The molecule has 0 radical (unpaired) electrons. The lowest BCUT2D eigenvalue weighted by atomic mass is 10.1. The van der Waals surface area contributed by atoms with Crippen LogP contribution in [0.3, 0.4) is 0 Å². The van der Waals surface area contributed by atoms with Crippen LogP contribution in [0.5, 0.6) is 0 Å². The summed E-state index contributed by atoms with van der Waals surface area (Å²) < 4.78 is 8.00. The molecule has 1 N–H and O–H groups in total. The van der Waals surface area contributed by atoms with E-state index in [4.69, 9.17) is 4.74 Å². The maximum absolute atomic E-state index is 5.67. The van der Waals surface area contributed by atoms with Gasteiger partial charge in [-0.25, -0.2) is 0 Å². The van der Waals surface area contributed by atoms with Crippen LogP contribution in [0.25, 0.3) is 0 Å². The SMILES string of the molecule is CCCNC(COCCC)c1cc(Br)sc1Br. The summed E-state index contributed by atoms with van der Waals surface area (Å²) in [6.45, 7) is 6.88. The maximum atomic E-state index is 5.67. The molecule has 1 unspecified atom stereocenters. The summed E-state index contributed by atoms with van der Waals surface area (Å²) in [6.07, 6.45) is 2.20. The average molecular weight is 385 g/mol. The van der Waals surface area contributed by atoms with Crippen LogP contribution in [0.4, 0.5) is 0 Å². The first-order valence-corrected chi connectivity index (χ1v) is 8.35. The Morgan fingerprint density at radius 2 is 2.12 bits per heavy atom. The molecule has 0 aliphatic heterocycles. The molecule has 2 nitrogen and oxygen atoms in total. The number of nitrogens with one attached hydrogen (secondary N) is 1. The van der Waals surface area contributed by atoms with Gasteiger partial charge in [0.15, 0.2) is 0 Å². The summed E-state index contributed by atoms with van der Waals surface area (Å²) in [5.74, 6) is 0. The highest BCUT2D eigenvalue weighted by Crippen LogP contribution is 2.35. The van der Waals surface area contributed by atoms with E-state index in [2.05, 4.69) is 57.1 Å². The average Bonchev–Trinajstić information content (AvgIpc) is 2.63. The third-order valence-electron chi connectivity index (χ3n) is 2.33. The molecule has 0 saturated heterocycles. The van der Waals surface area contributed by atoms with Crippen LogP contribution in [0.15, 0.2) is 13.6 Å². The molecular weight excluding hydrogens is 366 g/mol. The predicted octanol–water partition coefficient (Wildman–Crippen LogP) is 4.74. The van der Waals surface area contributed by atoms with Crippen LogP contribution in [-0.2, 0) is 4.74 Å². The van der Waals surface area contributed by atoms with Gasteiger partial charge in [-0.05, 0) is 62.9 Å². The van der Waals surface area contributed by atoms with Gasteiger partial charge in [0, 0.05) is 6.61 Å². The van der Waals surface area contributed by atoms with E-state index >= 15 is 0 Å². The van der Waals surface area contributed by atoms with E-state index in [1.54, 1.807) is 11.3 Å². The van der Waals surface area contributed by atoms with Gasteiger partial charge in [-0.2, -0.15) is 0 Å². The molecular formula is C12H19Br2NOS. The molecule has 0 saturated carbocycles. The quantitative estimate of drug-likeness (QED) is 0.653. The molecule has 5 heteroatoms. The van der Waals surface area contributed by atoms with E-state index in [1.807, 2.05) is 0 Å². The minimum Gasteiger partial charge on any atom is -0.379 e. The third kappa shape index (κ3) is 5.39. The molecule has 0 aliphatic rings. The zero-order valence-corrected chi connectivity index (χ0v) is 14.3. The smallest absolute Gasteiger partial charge is 0.0759 e. The zero-order valence-electron chi connectivity index (χ0n) is 10.3. The second-order valence-corrected chi connectivity index (χ2v) is 7.61. The van der Waals surface area contributed by atoms with Crippen LogP contribution in [-0.4, -0.2) is 19.8 Å². The van der Waals surface area contributed by atoms with Gasteiger partial charge in [-0.15, -0.1) is 11.3 Å². The van der Waals surface area contributed by atoms with Crippen molar-refractivity contribution in [1.29, 1.82) is 0 Å². The van der Waals surface area contributed by atoms with Gasteiger partial charge in [-0.3, -0.25) is 0 Å². The molecule has 0 amide bonds. The van der Waals surface area contributed by atoms with Crippen molar-refractivity contribution in [3.05, 3.63) is 19.2 Å². The van der Waals surface area contributed by atoms with Crippen molar-refractivity contribution in [1.82, 2.24) is 5.32 Å². The highest BCUT2D eigenvalue weighted by Gasteiger charge is 2.16. The number of hydrogen-bond acceptors (Lipinski definition) is 3. The molecule has 1 atom stereocenters. The first kappa shape index (κ1) is 15.6. The summed E-state index contributed by atoms with van der Waals surface area (Å²) in [4.78, 5) is 0. The van der Waals surface area contributed by atoms with Crippen molar-refractivity contribution in [2.75, 3.05) is 19.8 Å². The fourth-order valence-electron chi connectivity index (χ4n) is 1.51. The molecule has 0 aromatic carbocycles. The van der Waals surface area contributed by atoms with Crippen molar-refractivity contribution in [2.24, 2.45) is 0 Å². The first-order chi connectivity index (χ1) is 8.19. The Morgan fingerprint density at radius 1 is 1.35 bits per heavy atom. The third-order valence-corrected chi connectivity index (χ3v) is 4.72. The van der Waals surface area contributed by atoms with Crippen molar-refractivity contribution in [3.8, 4) is 0 Å². The molecule has 0 spiro atoms. The fourth-order valence-corrected chi connectivity index (χ4v) is 4.49. The predicted molar refractivity (Wildman–Crippen MR) is 81.9 cm³/mol. The van der Waals surface area contributed by atoms with E-state index < -0.39 is 0 Å². The van der Waals surface area contributed by atoms with Gasteiger partial charge < -0.3 is 10.1 Å². The summed E-state index contributed by atoms with van der Waals surface area (Å²) in [5.41, 5.74) is 1.28. The molecule has 0 aliphatic carbocycles. The number of ether oxygens (including phenoxy) is 1. The summed E-state index contributed by atoms with van der Waals surface area (Å²) in [6, 6.07) is 2.44. The minimum atomic E-state index is 0.276. The van der Waals surface area contributed by atoms with Crippen molar-refractivity contribution in [3.63, 3.8) is 0 Å². The monoisotopic (exact) mass is 383 g/mol. The minimum absolute atomic E-state index is 0.276. The number of rotatable bonds is 8. The van der Waals surface area contributed by atoms with Gasteiger partial charge >= 0.3 is 0 Å². The maximum Gasteiger partial charge on any atom is 0.0759 e. The van der Waals surface area contributed by atoms with E-state index in [0.717, 1.165) is 36.4 Å². The Balaban J connectivity index is 2.64. The molecule has 17 heavy (non-hydrogen) atoms. The summed E-state index contributed by atoms with van der Waals surface area (Å²) in [7, 11) is 0. The van der Waals surface area contributed by atoms with Crippen LogP contribution in [0.1, 0.15) is 38.3 Å². The van der Waals surface area contributed by atoms with E-state index in [0.29, 0.717) is 0 Å². The Hall–Kier alpha value is 0.580. The normalized spacial score (nSPS) is 12.9. The molecule has 1 aromatic heterocycles. The summed E-state index contributed by atoms with van der Waals surface area (Å²) in [5, 5.41) is 3.53. The topological polar surface area (TPSA) is 21.3 Å². The summed E-state index contributed by atoms with van der Waals surface area (Å²) >= 11 is 8.84. The van der Waals surface area contributed by atoms with Crippen LogP contribution in [0, 0.1) is 0 Å². The zero-order chi connectivity index (χ0) is 12.7. The lowest BCUT2D eigenvalue weighted by Crippen LogP contribution is -2.26. The van der Waals surface area contributed by atoms with E-state index in [1.165, 1.54) is 9.35 Å². The first-order valence-electron chi connectivity index (χ1n) is 5.94. The second-order valence-electron chi connectivity index (χ2n) is 3.86. The lowest BCUT2D eigenvalue weighted by Gasteiger charge is -2.18. The van der Waals surface area contributed by atoms with Crippen molar-refractivity contribution >= 4 is 43.2 Å².